The molecule has 0 spiro atoms. The van der Waals surface area contributed by atoms with Gasteiger partial charge >= 0.3 is 0 Å². The molecule has 2 aromatic rings. The smallest absolute Gasteiger partial charge is 0.183 e. The normalized spacial score (nSPS) is 10.5. The lowest BCUT2D eigenvalue weighted by Crippen LogP contribution is -1.97. The first-order chi connectivity index (χ1) is 7.40. The Bertz CT molecular complexity index is 397. The van der Waals surface area contributed by atoms with Gasteiger partial charge in [-0.25, -0.2) is 4.98 Å². The number of hydrogen-bond acceptors (Lipinski definition) is 7. The van der Waals surface area contributed by atoms with E-state index in [1.54, 1.807) is 11.8 Å². The molecule has 0 bridgehead atoms. The van der Waals surface area contributed by atoms with Crippen molar-refractivity contribution in [3.8, 4) is 0 Å². The Morgan fingerprint density at radius 2 is 2.53 bits per heavy atom. The molecule has 0 saturated heterocycles. The van der Waals surface area contributed by atoms with E-state index in [-0.39, 0.29) is 0 Å². The van der Waals surface area contributed by atoms with Crippen molar-refractivity contribution in [2.24, 2.45) is 0 Å². The first-order valence-corrected chi connectivity index (χ1v) is 6.19. The van der Waals surface area contributed by atoms with E-state index in [2.05, 4.69) is 30.1 Å². The van der Waals surface area contributed by atoms with E-state index < -0.39 is 0 Å². The number of H-pyrrole nitrogens is 1. The maximum atomic E-state index is 4.06. The molecule has 80 valence electrons. The summed E-state index contributed by atoms with van der Waals surface area (Å²) in [5, 5.41) is 15.7. The van der Waals surface area contributed by atoms with Crippen LogP contribution in [0.2, 0.25) is 0 Å². The summed E-state index contributed by atoms with van der Waals surface area (Å²) in [6, 6.07) is 0. The van der Waals surface area contributed by atoms with Crippen LogP contribution in [-0.2, 0) is 5.75 Å². The first kappa shape index (κ1) is 10.4. The second-order valence-corrected chi connectivity index (χ2v) is 4.38. The quantitative estimate of drug-likeness (QED) is 0.771. The van der Waals surface area contributed by atoms with Gasteiger partial charge in [0.25, 0.3) is 0 Å². The van der Waals surface area contributed by atoms with Crippen LogP contribution < -0.4 is 5.32 Å². The van der Waals surface area contributed by atoms with Crippen molar-refractivity contribution in [2.45, 2.75) is 17.8 Å². The molecule has 0 unspecified atom stereocenters. The van der Waals surface area contributed by atoms with E-state index in [1.807, 2.05) is 6.92 Å². The highest BCUT2D eigenvalue weighted by molar-refractivity contribution is 7.98. The lowest BCUT2D eigenvalue weighted by Gasteiger charge is -1.99. The summed E-state index contributed by atoms with van der Waals surface area (Å²) in [5.41, 5.74) is 0.961. The van der Waals surface area contributed by atoms with Gasteiger partial charge in [-0.3, -0.25) is 5.10 Å². The summed E-state index contributed by atoms with van der Waals surface area (Å²) in [5.74, 6) is 0.744. The van der Waals surface area contributed by atoms with E-state index in [0.29, 0.717) is 0 Å². The van der Waals surface area contributed by atoms with Crippen molar-refractivity contribution < 1.29 is 0 Å². The summed E-state index contributed by atoms with van der Waals surface area (Å²) in [4.78, 5) is 4.02. The van der Waals surface area contributed by atoms with Crippen molar-refractivity contribution in [2.75, 3.05) is 11.9 Å². The zero-order valence-electron chi connectivity index (χ0n) is 8.10. The molecular formula is C7H10N6S2. The van der Waals surface area contributed by atoms with Crippen LogP contribution in [0.25, 0.3) is 0 Å². The molecule has 6 nitrogen and oxygen atoms in total. The Kier molecular flexibility index (Phi) is 3.51. The number of hydrogen-bond donors (Lipinski definition) is 2. The summed E-state index contributed by atoms with van der Waals surface area (Å²) < 4.78 is 3.91. The maximum absolute atomic E-state index is 4.06. The fourth-order valence-corrected chi connectivity index (χ4v) is 2.45. The van der Waals surface area contributed by atoms with Gasteiger partial charge in [-0.15, -0.1) is 5.10 Å². The Morgan fingerprint density at radius 3 is 3.27 bits per heavy atom. The van der Waals surface area contributed by atoms with Gasteiger partial charge in [-0.2, -0.15) is 5.10 Å². The molecule has 2 N–H and O–H groups in total. The molecule has 15 heavy (non-hydrogen) atoms. The minimum Gasteiger partial charge on any atom is -0.374 e. The Morgan fingerprint density at radius 1 is 1.60 bits per heavy atom. The molecule has 2 heterocycles. The van der Waals surface area contributed by atoms with Crippen LogP contribution in [0.3, 0.4) is 0 Å². The average molecular weight is 242 g/mol. The van der Waals surface area contributed by atoms with Crippen molar-refractivity contribution in [1.29, 1.82) is 0 Å². The monoisotopic (exact) mass is 242 g/mol. The molecule has 0 aromatic carbocycles. The molecule has 0 amide bonds. The van der Waals surface area contributed by atoms with Crippen LogP contribution in [0.1, 0.15) is 12.6 Å². The van der Waals surface area contributed by atoms with E-state index in [4.69, 9.17) is 0 Å². The van der Waals surface area contributed by atoms with Crippen LogP contribution in [0, 0.1) is 0 Å². The van der Waals surface area contributed by atoms with Crippen molar-refractivity contribution in [1.82, 2.24) is 24.8 Å². The van der Waals surface area contributed by atoms with Gasteiger partial charge in [0, 0.05) is 23.8 Å². The molecule has 0 aliphatic heterocycles. The number of rotatable bonds is 5. The highest BCUT2D eigenvalue weighted by Crippen LogP contribution is 2.24. The first-order valence-electron chi connectivity index (χ1n) is 4.43. The second-order valence-electron chi connectivity index (χ2n) is 2.66. The third kappa shape index (κ3) is 2.66. The van der Waals surface area contributed by atoms with Crippen molar-refractivity contribution in [3.05, 3.63) is 12.0 Å². The summed E-state index contributed by atoms with van der Waals surface area (Å²) in [6.45, 7) is 2.93. The third-order valence-corrected chi connectivity index (χ3v) is 3.25. The van der Waals surface area contributed by atoms with Crippen LogP contribution in [0.15, 0.2) is 11.5 Å². The molecule has 0 radical (unpaired) electrons. The number of anilines is 1. The number of aromatic amines is 1. The summed E-state index contributed by atoms with van der Waals surface area (Å²) in [7, 11) is 0. The Hall–Kier alpha value is -1.15. The van der Waals surface area contributed by atoms with E-state index in [0.717, 1.165) is 28.1 Å². The minimum atomic E-state index is 0.744. The molecule has 2 aromatic heterocycles. The Balaban J connectivity index is 1.95. The summed E-state index contributed by atoms with van der Waals surface area (Å²) in [6.07, 6.45) is 1.49. The van der Waals surface area contributed by atoms with E-state index in [9.17, 15) is 0 Å². The zero-order chi connectivity index (χ0) is 10.5. The fourth-order valence-electron chi connectivity index (χ4n) is 0.998. The number of nitrogens with one attached hydrogen (secondary N) is 2. The number of nitrogens with zero attached hydrogens (tertiary/aromatic N) is 4. The van der Waals surface area contributed by atoms with Crippen LogP contribution in [0.4, 0.5) is 5.00 Å². The molecule has 0 atom stereocenters. The van der Waals surface area contributed by atoms with E-state index in [1.165, 1.54) is 17.9 Å². The molecule has 0 aliphatic rings. The van der Waals surface area contributed by atoms with Crippen LogP contribution >= 0.6 is 23.3 Å². The predicted octanol–water partition coefficient (Wildman–Crippen LogP) is 1.38. The Labute approximate surface area is 95.1 Å². The fraction of sp³-hybridized carbons (Fsp3) is 0.429. The van der Waals surface area contributed by atoms with Gasteiger partial charge in [0.1, 0.15) is 17.0 Å². The van der Waals surface area contributed by atoms with Crippen molar-refractivity contribution in [3.63, 3.8) is 0 Å². The maximum Gasteiger partial charge on any atom is 0.183 e. The average Bonchev–Trinajstić information content (AvgIpc) is 2.85. The van der Waals surface area contributed by atoms with Crippen LogP contribution in [0.5, 0.6) is 0 Å². The van der Waals surface area contributed by atoms with Gasteiger partial charge < -0.3 is 5.32 Å². The molecule has 0 saturated carbocycles. The lowest BCUT2D eigenvalue weighted by molar-refractivity contribution is 0.969. The predicted molar refractivity (Wildman–Crippen MR) is 60.0 cm³/mol. The van der Waals surface area contributed by atoms with Crippen molar-refractivity contribution >= 4 is 28.3 Å². The minimum absolute atomic E-state index is 0.744. The van der Waals surface area contributed by atoms with Crippen LogP contribution in [-0.4, -0.2) is 31.3 Å². The highest BCUT2D eigenvalue weighted by atomic mass is 32.2. The topological polar surface area (TPSA) is 79.4 Å². The SMILES string of the molecule is CCNc1snnc1CSc1ncn[nH]1. The number of aromatic nitrogens is 5. The summed E-state index contributed by atoms with van der Waals surface area (Å²) >= 11 is 2.94. The standard InChI is InChI=1S/C7H10N6S2/c1-2-8-6-5(11-13-15-6)3-14-7-9-4-10-12-7/h4,8H,2-3H2,1H3,(H,9,10,12). The van der Waals surface area contributed by atoms with E-state index >= 15 is 0 Å². The van der Waals surface area contributed by atoms with Gasteiger partial charge in [0.05, 0.1) is 0 Å². The van der Waals surface area contributed by atoms with Gasteiger partial charge in [0.15, 0.2) is 5.16 Å². The molecule has 0 fully saturated rings. The molecular weight excluding hydrogens is 232 g/mol. The number of thioether (sulfide) groups is 1. The molecule has 2 rings (SSSR count). The van der Waals surface area contributed by atoms with Gasteiger partial charge in [0.2, 0.25) is 0 Å². The third-order valence-electron chi connectivity index (χ3n) is 1.63. The highest BCUT2D eigenvalue weighted by Gasteiger charge is 2.08. The zero-order valence-corrected chi connectivity index (χ0v) is 9.73. The second kappa shape index (κ2) is 5.08. The van der Waals surface area contributed by atoms with Gasteiger partial charge in [-0.05, 0) is 6.92 Å². The molecule has 0 aliphatic carbocycles. The van der Waals surface area contributed by atoms with Gasteiger partial charge in [-0.1, -0.05) is 16.3 Å². The largest absolute Gasteiger partial charge is 0.374 e. The lowest BCUT2D eigenvalue weighted by atomic mass is 10.5. The molecule has 8 heteroatoms.